The summed E-state index contributed by atoms with van der Waals surface area (Å²) in [7, 11) is 1.62. The summed E-state index contributed by atoms with van der Waals surface area (Å²) in [6.07, 6.45) is 6.80. The zero-order valence-electron chi connectivity index (χ0n) is 26.2. The molecule has 2 fully saturated rings. The van der Waals surface area contributed by atoms with Crippen molar-refractivity contribution in [3.05, 3.63) is 53.7 Å². The van der Waals surface area contributed by atoms with E-state index >= 15 is 0 Å². The first-order valence-corrected chi connectivity index (χ1v) is 15.2. The summed E-state index contributed by atoms with van der Waals surface area (Å²) in [5.41, 5.74) is 2.36. The lowest BCUT2D eigenvalue weighted by atomic mass is 9.72. The van der Waals surface area contributed by atoms with Crippen molar-refractivity contribution in [3.8, 4) is 5.88 Å². The summed E-state index contributed by atoms with van der Waals surface area (Å²) in [6, 6.07) is 10.8. The summed E-state index contributed by atoms with van der Waals surface area (Å²) in [4.78, 5) is 35.0. The zero-order chi connectivity index (χ0) is 29.9. The zero-order valence-corrected chi connectivity index (χ0v) is 26.2. The van der Waals surface area contributed by atoms with Crippen LogP contribution in [0, 0.1) is 17.3 Å². The van der Waals surface area contributed by atoms with Crippen LogP contribution in [0.15, 0.2) is 42.6 Å². The number of carbonyl (C=O) groups is 2. The van der Waals surface area contributed by atoms with Gasteiger partial charge in [-0.1, -0.05) is 91.1 Å². The van der Waals surface area contributed by atoms with Gasteiger partial charge in [0.25, 0.3) is 0 Å². The van der Waals surface area contributed by atoms with E-state index in [0.717, 1.165) is 48.9 Å². The van der Waals surface area contributed by atoms with E-state index in [1.54, 1.807) is 7.11 Å². The van der Waals surface area contributed by atoms with Crippen molar-refractivity contribution in [1.29, 1.82) is 0 Å². The van der Waals surface area contributed by atoms with Gasteiger partial charge in [-0.05, 0) is 47.8 Å². The van der Waals surface area contributed by atoms with Crippen LogP contribution in [-0.4, -0.2) is 47.6 Å². The van der Waals surface area contributed by atoms with Crippen LogP contribution in [0.25, 0.3) is 0 Å². The molecular formula is C34H49N3O4. The molecule has 1 saturated heterocycles. The van der Waals surface area contributed by atoms with E-state index in [2.05, 4.69) is 70.0 Å². The number of hydrogen-bond donors (Lipinski definition) is 1. The molecule has 4 rings (SSSR count). The molecule has 1 aromatic carbocycles. The van der Waals surface area contributed by atoms with Gasteiger partial charge >= 0.3 is 5.97 Å². The van der Waals surface area contributed by atoms with Crippen molar-refractivity contribution >= 4 is 17.6 Å². The number of nitrogens with one attached hydrogen (secondary N) is 1. The maximum atomic E-state index is 14.5. The number of likely N-dealkylation sites (tertiary alicyclic amines) is 1. The standard InChI is InChI=1S/C34H49N3O4/c1-9-41-32(39)29-26(34(5,6)7)27(36-25-20-24(33(2,3)4)21-35-30(25)40-8)28(22-16-12-10-13-17-22)37(29)31(38)23-18-14-11-15-19-23/h10,12-13,16-17,20-21,23,26-29,36H,9,11,14-15,18-19H2,1-8H3/t26-,27-,28-,29-/m0/s1. The van der Waals surface area contributed by atoms with Gasteiger partial charge in [-0.2, -0.15) is 0 Å². The number of ether oxygens (including phenoxy) is 2. The van der Waals surface area contributed by atoms with E-state index in [-0.39, 0.29) is 53.2 Å². The van der Waals surface area contributed by atoms with Gasteiger partial charge < -0.3 is 19.7 Å². The van der Waals surface area contributed by atoms with Crippen LogP contribution in [0.1, 0.15) is 97.7 Å². The topological polar surface area (TPSA) is 80.8 Å². The Morgan fingerprint density at radius 3 is 2.24 bits per heavy atom. The maximum absolute atomic E-state index is 14.5. The third-order valence-electron chi connectivity index (χ3n) is 8.78. The Balaban J connectivity index is 1.93. The third kappa shape index (κ3) is 6.54. The Kier molecular flexibility index (Phi) is 9.35. The van der Waals surface area contributed by atoms with E-state index in [9.17, 15) is 9.59 Å². The van der Waals surface area contributed by atoms with Crippen molar-refractivity contribution in [1.82, 2.24) is 9.88 Å². The first-order chi connectivity index (χ1) is 19.4. The first kappa shape index (κ1) is 30.9. The minimum atomic E-state index is -0.725. The number of amides is 1. The van der Waals surface area contributed by atoms with Crippen molar-refractivity contribution in [2.75, 3.05) is 19.0 Å². The molecule has 2 aromatic rings. The first-order valence-electron chi connectivity index (χ1n) is 15.2. The Labute approximate surface area is 246 Å². The molecule has 2 aliphatic rings. The molecule has 1 aliphatic carbocycles. The number of anilines is 1. The molecule has 1 saturated carbocycles. The molecule has 224 valence electrons. The smallest absolute Gasteiger partial charge is 0.329 e. The fraction of sp³-hybridized carbons (Fsp3) is 0.618. The lowest BCUT2D eigenvalue weighted by molar-refractivity contribution is -0.158. The van der Waals surface area contributed by atoms with Gasteiger partial charge in [0.15, 0.2) is 0 Å². The van der Waals surface area contributed by atoms with Gasteiger partial charge in [0.1, 0.15) is 6.04 Å². The van der Waals surface area contributed by atoms with Gasteiger partial charge in [-0.25, -0.2) is 9.78 Å². The van der Waals surface area contributed by atoms with E-state index in [1.807, 2.05) is 36.2 Å². The highest BCUT2D eigenvalue weighted by molar-refractivity contribution is 5.88. The molecule has 41 heavy (non-hydrogen) atoms. The number of benzene rings is 1. The number of nitrogens with zero attached hydrogens (tertiary/aromatic N) is 2. The van der Waals surface area contributed by atoms with Crippen LogP contribution in [0.5, 0.6) is 5.88 Å². The minimum Gasteiger partial charge on any atom is -0.480 e. The van der Waals surface area contributed by atoms with E-state index in [0.29, 0.717) is 5.88 Å². The fourth-order valence-corrected chi connectivity index (χ4v) is 6.74. The second kappa shape index (κ2) is 12.4. The van der Waals surface area contributed by atoms with Crippen LogP contribution in [0.2, 0.25) is 0 Å². The summed E-state index contributed by atoms with van der Waals surface area (Å²) in [6.45, 7) is 15.0. The summed E-state index contributed by atoms with van der Waals surface area (Å²) < 4.78 is 11.4. The molecule has 0 unspecified atom stereocenters. The van der Waals surface area contributed by atoms with Crippen molar-refractivity contribution in [3.63, 3.8) is 0 Å². The van der Waals surface area contributed by atoms with Crippen LogP contribution in [0.3, 0.4) is 0 Å². The van der Waals surface area contributed by atoms with Crippen LogP contribution < -0.4 is 10.1 Å². The molecule has 1 amide bonds. The molecule has 7 nitrogen and oxygen atoms in total. The number of hydrogen-bond acceptors (Lipinski definition) is 6. The van der Waals surface area contributed by atoms with Gasteiger partial charge in [-0.3, -0.25) is 4.79 Å². The number of esters is 1. The summed E-state index contributed by atoms with van der Waals surface area (Å²) in [5, 5.41) is 3.80. The van der Waals surface area contributed by atoms with Gasteiger partial charge in [0.2, 0.25) is 11.8 Å². The van der Waals surface area contributed by atoms with Crippen molar-refractivity contribution < 1.29 is 19.1 Å². The lowest BCUT2D eigenvalue weighted by Crippen LogP contribution is -2.49. The second-order valence-corrected chi connectivity index (χ2v) is 13.7. The molecule has 1 N–H and O–H groups in total. The Morgan fingerprint density at radius 2 is 1.68 bits per heavy atom. The van der Waals surface area contributed by atoms with Crippen LogP contribution >= 0.6 is 0 Å². The number of rotatable bonds is 7. The predicted molar refractivity (Wildman–Crippen MR) is 163 cm³/mol. The summed E-state index contributed by atoms with van der Waals surface area (Å²) in [5.74, 6) is -0.129. The molecule has 1 aliphatic heterocycles. The molecule has 0 spiro atoms. The highest BCUT2D eigenvalue weighted by Crippen LogP contribution is 2.51. The van der Waals surface area contributed by atoms with Gasteiger partial charge in [-0.15, -0.1) is 0 Å². The van der Waals surface area contributed by atoms with Crippen molar-refractivity contribution in [2.24, 2.45) is 17.3 Å². The lowest BCUT2D eigenvalue weighted by Gasteiger charge is -2.37. The average molecular weight is 564 g/mol. The fourth-order valence-electron chi connectivity index (χ4n) is 6.74. The van der Waals surface area contributed by atoms with Gasteiger partial charge in [0.05, 0.1) is 31.5 Å². The maximum Gasteiger partial charge on any atom is 0.329 e. The highest BCUT2D eigenvalue weighted by Gasteiger charge is 2.59. The third-order valence-corrected chi connectivity index (χ3v) is 8.78. The Morgan fingerprint density at radius 1 is 1.02 bits per heavy atom. The molecular weight excluding hydrogens is 514 g/mol. The highest BCUT2D eigenvalue weighted by atomic mass is 16.5. The van der Waals surface area contributed by atoms with E-state index in [4.69, 9.17) is 9.47 Å². The quantitative estimate of drug-likeness (QED) is 0.368. The number of methoxy groups -OCH3 is 1. The monoisotopic (exact) mass is 563 g/mol. The van der Waals surface area contributed by atoms with Crippen molar-refractivity contribution in [2.45, 2.75) is 104 Å². The normalized spacial score (nSPS) is 23.8. The molecule has 1 aromatic heterocycles. The SMILES string of the molecule is CCOC(=O)[C@@H]1[C@@H](C(C)(C)C)[C@H](Nc2cc(C(C)(C)C)cnc2OC)[C@H](c2ccccc2)N1C(=O)C1CCCCC1. The molecule has 0 radical (unpaired) electrons. The summed E-state index contributed by atoms with van der Waals surface area (Å²) >= 11 is 0. The average Bonchev–Trinajstić information content (AvgIpc) is 3.28. The number of carbonyl (C=O) groups excluding carboxylic acids is 2. The Hall–Kier alpha value is -3.09. The van der Waals surface area contributed by atoms with Crippen LogP contribution in [0.4, 0.5) is 5.69 Å². The molecule has 7 heteroatoms. The van der Waals surface area contributed by atoms with E-state index < -0.39 is 6.04 Å². The van der Waals surface area contributed by atoms with Gasteiger partial charge in [0, 0.05) is 18.0 Å². The molecule has 0 bridgehead atoms. The second-order valence-electron chi connectivity index (χ2n) is 13.7. The van der Waals surface area contributed by atoms with E-state index in [1.165, 1.54) is 0 Å². The minimum absolute atomic E-state index is 0.0590. The number of pyridine rings is 1. The molecule has 4 atom stereocenters. The molecule has 2 heterocycles. The predicted octanol–water partition coefficient (Wildman–Crippen LogP) is 6.93. The Bertz CT molecular complexity index is 1190. The van der Waals surface area contributed by atoms with Crippen LogP contribution in [-0.2, 0) is 19.7 Å². The largest absolute Gasteiger partial charge is 0.480 e. The number of aromatic nitrogens is 1.